The van der Waals surface area contributed by atoms with Gasteiger partial charge in [0.2, 0.25) is 0 Å². The van der Waals surface area contributed by atoms with Crippen molar-refractivity contribution in [1.82, 2.24) is 10.3 Å². The van der Waals surface area contributed by atoms with Gasteiger partial charge >= 0.3 is 0 Å². The van der Waals surface area contributed by atoms with Crippen LogP contribution in [-0.2, 0) is 13.0 Å². The van der Waals surface area contributed by atoms with Gasteiger partial charge in [-0.1, -0.05) is 13.0 Å². The maximum atomic E-state index is 8.87. The lowest BCUT2D eigenvalue weighted by atomic mass is 10.1. The summed E-state index contributed by atoms with van der Waals surface area (Å²) in [6.45, 7) is 7.12. The van der Waals surface area contributed by atoms with E-state index in [-0.39, 0.29) is 6.04 Å². The summed E-state index contributed by atoms with van der Waals surface area (Å²) in [5, 5.41) is 13.5. The highest BCUT2D eigenvalue weighted by molar-refractivity contribution is 7.11. The fraction of sp³-hybridized carbons (Fsp3) is 0.375. The summed E-state index contributed by atoms with van der Waals surface area (Å²) in [4.78, 5) is 5.78. The van der Waals surface area contributed by atoms with Crippen LogP contribution in [0, 0.1) is 18.3 Å². The molecule has 20 heavy (non-hydrogen) atoms. The summed E-state index contributed by atoms with van der Waals surface area (Å²) in [5.41, 5.74) is 3.09. The molecule has 0 radical (unpaired) electrons. The Hall–Kier alpha value is -1.70. The highest BCUT2D eigenvalue weighted by atomic mass is 32.1. The van der Waals surface area contributed by atoms with Crippen molar-refractivity contribution >= 4 is 11.3 Å². The molecule has 0 saturated carbocycles. The summed E-state index contributed by atoms with van der Waals surface area (Å²) >= 11 is 1.77. The second-order valence-electron chi connectivity index (χ2n) is 4.87. The van der Waals surface area contributed by atoms with Crippen LogP contribution in [0.15, 0.2) is 24.4 Å². The van der Waals surface area contributed by atoms with Gasteiger partial charge in [-0.25, -0.2) is 4.98 Å². The molecule has 0 saturated heterocycles. The van der Waals surface area contributed by atoms with E-state index in [9.17, 15) is 0 Å². The molecule has 0 aliphatic carbocycles. The molecule has 2 aromatic rings. The molecule has 4 heteroatoms. The number of thiazole rings is 1. The molecule has 2 rings (SSSR count). The number of aromatic nitrogens is 1. The van der Waals surface area contributed by atoms with Crippen molar-refractivity contribution in [3.63, 3.8) is 0 Å². The Morgan fingerprint density at radius 3 is 2.85 bits per heavy atom. The molecular formula is C16H19N3S. The predicted molar refractivity (Wildman–Crippen MR) is 82.6 cm³/mol. The Morgan fingerprint density at radius 2 is 2.25 bits per heavy atom. The van der Waals surface area contributed by atoms with Crippen molar-refractivity contribution in [3.05, 3.63) is 51.0 Å². The summed E-state index contributed by atoms with van der Waals surface area (Å²) < 4.78 is 0. The van der Waals surface area contributed by atoms with Crippen molar-refractivity contribution < 1.29 is 0 Å². The van der Waals surface area contributed by atoms with Crippen LogP contribution in [0.5, 0.6) is 0 Å². The average molecular weight is 285 g/mol. The minimum atomic E-state index is 0.246. The summed E-state index contributed by atoms with van der Waals surface area (Å²) in [6, 6.07) is 8.23. The third-order valence-corrected chi connectivity index (χ3v) is 4.69. The molecule has 1 aromatic heterocycles. The molecule has 0 aliphatic heterocycles. The Bertz CT molecular complexity index is 625. The first-order valence-electron chi connectivity index (χ1n) is 6.81. The molecule has 1 N–H and O–H groups in total. The molecule has 0 fully saturated rings. The van der Waals surface area contributed by atoms with Gasteiger partial charge in [0, 0.05) is 17.6 Å². The van der Waals surface area contributed by atoms with Gasteiger partial charge in [-0.2, -0.15) is 5.26 Å². The van der Waals surface area contributed by atoms with E-state index in [4.69, 9.17) is 5.26 Å². The largest absolute Gasteiger partial charge is 0.304 e. The molecule has 0 spiro atoms. The molecule has 1 heterocycles. The van der Waals surface area contributed by atoms with E-state index in [0.29, 0.717) is 5.56 Å². The van der Waals surface area contributed by atoms with Crippen LogP contribution >= 0.6 is 11.3 Å². The van der Waals surface area contributed by atoms with Crippen molar-refractivity contribution in [1.29, 1.82) is 5.26 Å². The quantitative estimate of drug-likeness (QED) is 0.910. The van der Waals surface area contributed by atoms with Crippen molar-refractivity contribution in [2.45, 2.75) is 39.8 Å². The van der Waals surface area contributed by atoms with E-state index in [2.05, 4.69) is 30.2 Å². The number of nitrogens with one attached hydrogen (secondary N) is 1. The van der Waals surface area contributed by atoms with Crippen molar-refractivity contribution in [2.75, 3.05) is 0 Å². The molecule has 1 aromatic carbocycles. The van der Waals surface area contributed by atoms with E-state index < -0.39 is 0 Å². The standard InChI is InChI=1S/C16H19N3S/c1-4-15-10-19-16(20-15)12(3)18-9-14-6-5-13(8-17)7-11(14)2/h5-7,10,12,18H,4,9H2,1-3H3. The lowest BCUT2D eigenvalue weighted by Gasteiger charge is -2.13. The highest BCUT2D eigenvalue weighted by Gasteiger charge is 2.10. The van der Waals surface area contributed by atoms with Gasteiger partial charge < -0.3 is 5.32 Å². The number of nitrogens with zero attached hydrogens (tertiary/aromatic N) is 2. The maximum Gasteiger partial charge on any atom is 0.109 e. The Balaban J connectivity index is 1.99. The van der Waals surface area contributed by atoms with E-state index in [0.717, 1.165) is 23.5 Å². The molecule has 0 amide bonds. The fourth-order valence-corrected chi connectivity index (χ4v) is 2.88. The minimum Gasteiger partial charge on any atom is -0.304 e. The van der Waals surface area contributed by atoms with Crippen molar-refractivity contribution in [3.8, 4) is 6.07 Å². The summed E-state index contributed by atoms with van der Waals surface area (Å²) in [5.74, 6) is 0. The molecule has 104 valence electrons. The average Bonchev–Trinajstić information content (AvgIpc) is 2.94. The Labute approximate surface area is 124 Å². The second kappa shape index (κ2) is 6.65. The third kappa shape index (κ3) is 3.44. The SMILES string of the molecule is CCc1cnc(C(C)NCc2ccc(C#N)cc2C)s1. The fourth-order valence-electron chi connectivity index (χ4n) is 2.00. The predicted octanol–water partition coefficient (Wildman–Crippen LogP) is 3.74. The van der Waals surface area contributed by atoms with Gasteiger partial charge in [0.1, 0.15) is 5.01 Å². The number of nitriles is 1. The first-order valence-corrected chi connectivity index (χ1v) is 7.63. The normalized spacial score (nSPS) is 12.1. The first-order chi connectivity index (χ1) is 9.63. The van der Waals surface area contributed by atoms with E-state index in [1.807, 2.05) is 31.3 Å². The molecule has 0 bridgehead atoms. The van der Waals surface area contributed by atoms with Crippen LogP contribution < -0.4 is 5.32 Å². The maximum absolute atomic E-state index is 8.87. The number of benzene rings is 1. The molecule has 0 aliphatic rings. The number of rotatable bonds is 5. The zero-order chi connectivity index (χ0) is 14.5. The van der Waals surface area contributed by atoms with Crippen LogP contribution in [0.2, 0.25) is 0 Å². The highest BCUT2D eigenvalue weighted by Crippen LogP contribution is 2.21. The van der Waals surface area contributed by atoms with Gasteiger partial charge in [-0.3, -0.25) is 0 Å². The van der Waals surface area contributed by atoms with Crippen LogP contribution in [0.1, 0.15) is 46.5 Å². The van der Waals surface area contributed by atoms with Crippen LogP contribution in [-0.4, -0.2) is 4.98 Å². The molecule has 1 unspecified atom stereocenters. The summed E-state index contributed by atoms with van der Waals surface area (Å²) in [6.07, 6.45) is 3.00. The summed E-state index contributed by atoms with van der Waals surface area (Å²) in [7, 11) is 0. The zero-order valence-electron chi connectivity index (χ0n) is 12.1. The molecule has 1 atom stereocenters. The van der Waals surface area contributed by atoms with Crippen LogP contribution in [0.3, 0.4) is 0 Å². The minimum absolute atomic E-state index is 0.246. The van der Waals surface area contributed by atoms with Gasteiger partial charge in [-0.15, -0.1) is 11.3 Å². The lowest BCUT2D eigenvalue weighted by Crippen LogP contribution is -2.18. The Kier molecular flexibility index (Phi) is 4.89. The molecular weight excluding hydrogens is 266 g/mol. The Morgan fingerprint density at radius 1 is 1.45 bits per heavy atom. The van der Waals surface area contributed by atoms with E-state index >= 15 is 0 Å². The third-order valence-electron chi connectivity index (χ3n) is 3.36. The van der Waals surface area contributed by atoms with Gasteiger partial charge in [-0.05, 0) is 43.5 Å². The van der Waals surface area contributed by atoms with Gasteiger partial charge in [0.25, 0.3) is 0 Å². The monoisotopic (exact) mass is 285 g/mol. The van der Waals surface area contributed by atoms with E-state index in [1.165, 1.54) is 10.4 Å². The molecule has 3 nitrogen and oxygen atoms in total. The first kappa shape index (κ1) is 14.7. The van der Waals surface area contributed by atoms with Gasteiger partial charge in [0.05, 0.1) is 17.7 Å². The van der Waals surface area contributed by atoms with Crippen molar-refractivity contribution in [2.24, 2.45) is 0 Å². The lowest BCUT2D eigenvalue weighted by molar-refractivity contribution is 0.570. The van der Waals surface area contributed by atoms with Crippen LogP contribution in [0.4, 0.5) is 0 Å². The van der Waals surface area contributed by atoms with Gasteiger partial charge in [0.15, 0.2) is 0 Å². The smallest absolute Gasteiger partial charge is 0.109 e. The number of hydrogen-bond donors (Lipinski definition) is 1. The zero-order valence-corrected chi connectivity index (χ0v) is 12.9. The van der Waals surface area contributed by atoms with Crippen LogP contribution in [0.25, 0.3) is 0 Å². The number of hydrogen-bond acceptors (Lipinski definition) is 4. The topological polar surface area (TPSA) is 48.7 Å². The van der Waals surface area contributed by atoms with E-state index in [1.54, 1.807) is 11.3 Å². The second-order valence-corrected chi connectivity index (χ2v) is 6.02. The number of aryl methyl sites for hydroxylation is 2.